The monoisotopic (exact) mass is 198 g/mol. The summed E-state index contributed by atoms with van der Waals surface area (Å²) in [5.74, 6) is 0. The Morgan fingerprint density at radius 1 is 1.46 bits per heavy atom. The summed E-state index contributed by atoms with van der Waals surface area (Å²) in [6.45, 7) is 9.40. The fraction of sp³-hybridized carbons (Fsp3) is 0.300. The van der Waals surface area contributed by atoms with Gasteiger partial charge >= 0.3 is 0 Å². The minimum Gasteiger partial charge on any atom is -0.397 e. The van der Waals surface area contributed by atoms with Crippen LogP contribution in [-0.4, -0.2) is 4.98 Å². The van der Waals surface area contributed by atoms with Crippen LogP contribution in [0, 0.1) is 6.92 Å². The average molecular weight is 199 g/mol. The lowest BCUT2D eigenvalue weighted by Gasteiger charge is -2.00. The first-order valence-electron chi connectivity index (χ1n) is 4.19. The van der Waals surface area contributed by atoms with Gasteiger partial charge in [0.05, 0.1) is 22.1 Å². The molecule has 1 aromatic rings. The molecule has 0 aromatic carbocycles. The topological polar surface area (TPSA) is 38.9 Å². The van der Waals surface area contributed by atoms with Gasteiger partial charge in [0, 0.05) is 0 Å². The molecule has 0 amide bonds. The molecule has 0 radical (unpaired) electrons. The predicted molar refractivity (Wildman–Crippen MR) is 58.6 cm³/mol. The van der Waals surface area contributed by atoms with Gasteiger partial charge in [0.2, 0.25) is 0 Å². The molecule has 13 heavy (non-hydrogen) atoms. The molecule has 2 N–H and O–H groups in total. The lowest BCUT2D eigenvalue weighted by Crippen LogP contribution is -1.98. The zero-order chi connectivity index (χ0) is 10.4. The molecule has 0 atom stereocenters. The quantitative estimate of drug-likeness (QED) is 0.754. The Bertz CT molecular complexity index is 295. The van der Waals surface area contributed by atoms with Crippen LogP contribution in [0.5, 0.6) is 0 Å². The van der Waals surface area contributed by atoms with Gasteiger partial charge in [-0.1, -0.05) is 32.0 Å². The van der Waals surface area contributed by atoms with Crippen molar-refractivity contribution in [2.24, 2.45) is 5.73 Å². The second-order valence-corrected chi connectivity index (χ2v) is 2.70. The van der Waals surface area contributed by atoms with Crippen molar-refractivity contribution in [3.8, 4) is 0 Å². The van der Waals surface area contributed by atoms with E-state index in [9.17, 15) is 0 Å². The van der Waals surface area contributed by atoms with E-state index >= 15 is 0 Å². The molecule has 0 aliphatic rings. The van der Waals surface area contributed by atoms with Crippen LogP contribution in [0.3, 0.4) is 0 Å². The number of nitrogens with two attached hydrogens (primary N) is 1. The van der Waals surface area contributed by atoms with Crippen LogP contribution >= 0.6 is 11.6 Å². The molecule has 0 aliphatic carbocycles. The summed E-state index contributed by atoms with van der Waals surface area (Å²) in [6, 6.07) is 3.51. The summed E-state index contributed by atoms with van der Waals surface area (Å²) < 4.78 is 0. The molecular weight excluding hydrogens is 184 g/mol. The van der Waals surface area contributed by atoms with Crippen LogP contribution in [0.4, 0.5) is 0 Å². The first-order valence-corrected chi connectivity index (χ1v) is 4.57. The number of halogens is 1. The Kier molecular flexibility index (Phi) is 5.16. The fourth-order valence-corrected chi connectivity index (χ4v) is 0.828. The van der Waals surface area contributed by atoms with Crippen molar-refractivity contribution >= 4 is 17.3 Å². The summed E-state index contributed by atoms with van der Waals surface area (Å²) in [7, 11) is 0. The molecule has 0 saturated heterocycles. The maximum absolute atomic E-state index is 5.75. The number of hydrogen-bond donors (Lipinski definition) is 1. The van der Waals surface area contributed by atoms with Crippen molar-refractivity contribution in [2.45, 2.75) is 20.8 Å². The second kappa shape index (κ2) is 5.60. The number of pyridine rings is 1. The Balaban J connectivity index is 0.000000671. The van der Waals surface area contributed by atoms with Crippen molar-refractivity contribution in [3.63, 3.8) is 0 Å². The zero-order valence-corrected chi connectivity index (χ0v) is 9.02. The zero-order valence-electron chi connectivity index (χ0n) is 8.26. The third-order valence-corrected chi connectivity index (χ3v) is 1.75. The Morgan fingerprint density at radius 3 is 2.38 bits per heavy atom. The summed E-state index contributed by atoms with van der Waals surface area (Å²) in [5.41, 5.74) is 7.36. The third kappa shape index (κ3) is 3.47. The largest absolute Gasteiger partial charge is 0.397 e. The second-order valence-electron chi connectivity index (χ2n) is 2.29. The van der Waals surface area contributed by atoms with Gasteiger partial charge in [-0.15, -0.1) is 0 Å². The molecular formula is C10H15ClN2. The number of rotatable bonds is 1. The lowest BCUT2D eigenvalue weighted by atomic mass is 10.3. The van der Waals surface area contributed by atoms with Gasteiger partial charge in [-0.05, 0) is 19.1 Å². The molecule has 3 heteroatoms. The van der Waals surface area contributed by atoms with Crippen molar-refractivity contribution in [3.05, 3.63) is 35.1 Å². The maximum Gasteiger partial charge on any atom is 0.0857 e. The number of nitrogens with zero attached hydrogens (tertiary/aromatic N) is 1. The lowest BCUT2D eigenvalue weighted by molar-refractivity contribution is 1.16. The molecule has 1 heterocycles. The van der Waals surface area contributed by atoms with Gasteiger partial charge in [0.1, 0.15) is 0 Å². The Hall–Kier alpha value is -1.02. The van der Waals surface area contributed by atoms with Crippen molar-refractivity contribution < 1.29 is 0 Å². The minimum absolute atomic E-state index is 0.463. The maximum atomic E-state index is 5.75. The van der Waals surface area contributed by atoms with E-state index < -0.39 is 0 Å². The Morgan fingerprint density at radius 2 is 2.00 bits per heavy atom. The van der Waals surface area contributed by atoms with Crippen LogP contribution in [0.1, 0.15) is 25.2 Å². The summed E-state index contributed by atoms with van der Waals surface area (Å²) in [6.07, 6.45) is 0. The van der Waals surface area contributed by atoms with Crippen LogP contribution in [0.25, 0.3) is 5.70 Å². The van der Waals surface area contributed by atoms with Crippen LogP contribution in [0.15, 0.2) is 18.7 Å². The SMILES string of the molecule is C=C(N)c1ccc(Cl)c(C)n1.CC. The van der Waals surface area contributed by atoms with Crippen molar-refractivity contribution in [1.29, 1.82) is 0 Å². The molecule has 0 unspecified atom stereocenters. The molecule has 1 aromatic heterocycles. The number of hydrogen-bond acceptors (Lipinski definition) is 2. The molecule has 0 bridgehead atoms. The van der Waals surface area contributed by atoms with Gasteiger partial charge in [-0.3, -0.25) is 4.98 Å². The molecule has 0 fully saturated rings. The normalized spacial score (nSPS) is 8.62. The van der Waals surface area contributed by atoms with Crippen LogP contribution < -0.4 is 5.73 Å². The highest BCUT2D eigenvalue weighted by molar-refractivity contribution is 6.31. The highest BCUT2D eigenvalue weighted by atomic mass is 35.5. The summed E-state index contributed by atoms with van der Waals surface area (Å²) >= 11 is 5.75. The molecule has 2 nitrogen and oxygen atoms in total. The minimum atomic E-state index is 0.463. The standard InChI is InChI=1S/C8H9ClN2.C2H6/c1-5(10)8-4-3-7(9)6(2)11-8;1-2/h3-4H,1,10H2,2H3;1-2H3. The summed E-state index contributed by atoms with van der Waals surface area (Å²) in [4.78, 5) is 4.12. The van der Waals surface area contributed by atoms with E-state index in [0.717, 1.165) is 5.69 Å². The van der Waals surface area contributed by atoms with Gasteiger partial charge in [0.25, 0.3) is 0 Å². The number of aromatic nitrogens is 1. The van der Waals surface area contributed by atoms with Crippen molar-refractivity contribution in [2.75, 3.05) is 0 Å². The first kappa shape index (κ1) is 12.0. The molecule has 1 rings (SSSR count). The third-order valence-electron chi connectivity index (χ3n) is 1.35. The molecule has 0 saturated carbocycles. The van der Waals surface area contributed by atoms with Gasteiger partial charge < -0.3 is 5.73 Å². The number of aryl methyl sites for hydroxylation is 1. The fourth-order valence-electron chi connectivity index (χ4n) is 0.723. The van der Waals surface area contributed by atoms with Crippen LogP contribution in [0.2, 0.25) is 5.02 Å². The van der Waals surface area contributed by atoms with E-state index in [1.54, 1.807) is 12.1 Å². The van der Waals surface area contributed by atoms with Gasteiger partial charge in [0.15, 0.2) is 0 Å². The van der Waals surface area contributed by atoms with E-state index in [4.69, 9.17) is 17.3 Å². The Labute approximate surface area is 84.4 Å². The molecule has 0 aliphatic heterocycles. The van der Waals surface area contributed by atoms with Gasteiger partial charge in [-0.2, -0.15) is 0 Å². The van der Waals surface area contributed by atoms with Crippen LogP contribution in [-0.2, 0) is 0 Å². The van der Waals surface area contributed by atoms with Gasteiger partial charge in [-0.25, -0.2) is 0 Å². The van der Waals surface area contributed by atoms with E-state index in [2.05, 4.69) is 11.6 Å². The van der Waals surface area contributed by atoms with E-state index in [-0.39, 0.29) is 0 Å². The van der Waals surface area contributed by atoms with Crippen molar-refractivity contribution in [1.82, 2.24) is 4.98 Å². The van der Waals surface area contributed by atoms with E-state index in [1.165, 1.54) is 0 Å². The highest BCUT2D eigenvalue weighted by Gasteiger charge is 1.98. The van der Waals surface area contributed by atoms with E-state index in [0.29, 0.717) is 16.4 Å². The molecule has 0 spiro atoms. The molecule has 72 valence electrons. The summed E-state index contributed by atoms with van der Waals surface area (Å²) in [5, 5.41) is 0.648. The first-order chi connectivity index (χ1) is 6.11. The predicted octanol–water partition coefficient (Wildman–Crippen LogP) is 3.00. The smallest absolute Gasteiger partial charge is 0.0857 e. The van der Waals surface area contributed by atoms with E-state index in [1.807, 2.05) is 20.8 Å². The highest BCUT2D eigenvalue weighted by Crippen LogP contribution is 2.14. The average Bonchev–Trinajstić information content (AvgIpc) is 2.13.